The van der Waals surface area contributed by atoms with Crippen LogP contribution in [0.15, 0.2) is 0 Å². The van der Waals surface area contributed by atoms with E-state index in [9.17, 15) is 0 Å². The molecule has 0 aromatic carbocycles. The second-order valence-electron chi connectivity index (χ2n) is 3.24. The third kappa shape index (κ3) is 1.98. The highest BCUT2D eigenvalue weighted by atomic mass is 14.7. The zero-order valence-corrected chi connectivity index (χ0v) is 6.27. The molecule has 0 aromatic rings. The van der Waals surface area contributed by atoms with Gasteiger partial charge in [0.15, 0.2) is 0 Å². The van der Waals surface area contributed by atoms with Gasteiger partial charge in [-0.1, -0.05) is 26.2 Å². The summed E-state index contributed by atoms with van der Waals surface area (Å²) >= 11 is 0. The third-order valence-electron chi connectivity index (χ3n) is 2.24. The number of hydrogen-bond donors (Lipinski definition) is 1. The van der Waals surface area contributed by atoms with Crippen LogP contribution in [0, 0.1) is 5.92 Å². The van der Waals surface area contributed by atoms with Crippen molar-refractivity contribution in [3.05, 3.63) is 0 Å². The lowest BCUT2D eigenvalue weighted by Gasteiger charge is -2.32. The molecule has 1 aliphatic carbocycles. The Labute approximate surface area is 57.6 Å². The SMILES string of the molecule is CCCCC1CC(N)C1. The van der Waals surface area contributed by atoms with Gasteiger partial charge >= 0.3 is 0 Å². The summed E-state index contributed by atoms with van der Waals surface area (Å²) in [6, 6.07) is 0.548. The number of rotatable bonds is 3. The summed E-state index contributed by atoms with van der Waals surface area (Å²) in [5, 5.41) is 0. The molecule has 0 bridgehead atoms. The van der Waals surface area contributed by atoms with Gasteiger partial charge in [-0.05, 0) is 18.8 Å². The van der Waals surface area contributed by atoms with Crippen LogP contribution in [0.1, 0.15) is 39.0 Å². The van der Waals surface area contributed by atoms with Crippen LogP contribution < -0.4 is 5.73 Å². The lowest BCUT2D eigenvalue weighted by Crippen LogP contribution is -2.36. The molecule has 2 N–H and O–H groups in total. The monoisotopic (exact) mass is 127 g/mol. The lowest BCUT2D eigenvalue weighted by atomic mass is 9.78. The van der Waals surface area contributed by atoms with Gasteiger partial charge in [-0.2, -0.15) is 0 Å². The van der Waals surface area contributed by atoms with Gasteiger partial charge in [0.1, 0.15) is 0 Å². The minimum atomic E-state index is 0.548. The van der Waals surface area contributed by atoms with E-state index >= 15 is 0 Å². The Bertz CT molecular complexity index is 74.6. The molecule has 1 rings (SSSR count). The van der Waals surface area contributed by atoms with E-state index in [2.05, 4.69) is 6.92 Å². The van der Waals surface area contributed by atoms with Crippen molar-refractivity contribution in [2.24, 2.45) is 11.7 Å². The summed E-state index contributed by atoms with van der Waals surface area (Å²) in [6.45, 7) is 2.25. The Kier molecular flexibility index (Phi) is 2.52. The second-order valence-corrected chi connectivity index (χ2v) is 3.24. The van der Waals surface area contributed by atoms with Gasteiger partial charge in [0.2, 0.25) is 0 Å². The van der Waals surface area contributed by atoms with Crippen LogP contribution in [0.25, 0.3) is 0 Å². The van der Waals surface area contributed by atoms with Crippen molar-refractivity contribution in [1.82, 2.24) is 0 Å². The molecule has 0 aliphatic heterocycles. The first-order valence-corrected chi connectivity index (χ1v) is 4.08. The number of unbranched alkanes of at least 4 members (excludes halogenated alkanes) is 1. The van der Waals surface area contributed by atoms with Crippen molar-refractivity contribution in [3.63, 3.8) is 0 Å². The van der Waals surface area contributed by atoms with Crippen molar-refractivity contribution in [1.29, 1.82) is 0 Å². The summed E-state index contributed by atoms with van der Waals surface area (Å²) in [7, 11) is 0. The summed E-state index contributed by atoms with van der Waals surface area (Å²) in [5.41, 5.74) is 5.64. The Morgan fingerprint density at radius 1 is 1.44 bits per heavy atom. The molecule has 1 saturated carbocycles. The molecule has 0 radical (unpaired) electrons. The van der Waals surface area contributed by atoms with Gasteiger partial charge in [0.05, 0.1) is 0 Å². The average Bonchev–Trinajstić information content (AvgIpc) is 1.78. The normalized spacial score (nSPS) is 34.0. The van der Waals surface area contributed by atoms with E-state index in [-0.39, 0.29) is 0 Å². The van der Waals surface area contributed by atoms with E-state index in [1.54, 1.807) is 0 Å². The Balaban J connectivity index is 1.91. The predicted octanol–water partition coefficient (Wildman–Crippen LogP) is 1.91. The molecule has 1 nitrogen and oxygen atoms in total. The highest BCUT2D eigenvalue weighted by Gasteiger charge is 2.24. The summed E-state index contributed by atoms with van der Waals surface area (Å²) < 4.78 is 0. The number of hydrogen-bond acceptors (Lipinski definition) is 1. The van der Waals surface area contributed by atoms with Crippen LogP contribution in [-0.4, -0.2) is 6.04 Å². The van der Waals surface area contributed by atoms with Gasteiger partial charge < -0.3 is 5.73 Å². The van der Waals surface area contributed by atoms with E-state index < -0.39 is 0 Å². The molecule has 0 spiro atoms. The van der Waals surface area contributed by atoms with Gasteiger partial charge in [-0.3, -0.25) is 0 Å². The van der Waals surface area contributed by atoms with Crippen molar-refractivity contribution in [2.45, 2.75) is 45.1 Å². The Morgan fingerprint density at radius 2 is 2.11 bits per heavy atom. The molecule has 1 aliphatic rings. The minimum absolute atomic E-state index is 0.548. The molecule has 0 atom stereocenters. The first-order chi connectivity index (χ1) is 4.33. The third-order valence-corrected chi connectivity index (χ3v) is 2.24. The zero-order chi connectivity index (χ0) is 6.69. The topological polar surface area (TPSA) is 26.0 Å². The molecular weight excluding hydrogens is 110 g/mol. The van der Waals surface area contributed by atoms with Crippen molar-refractivity contribution in [2.75, 3.05) is 0 Å². The lowest BCUT2D eigenvalue weighted by molar-refractivity contribution is 0.245. The van der Waals surface area contributed by atoms with Crippen LogP contribution in [0.3, 0.4) is 0 Å². The van der Waals surface area contributed by atoms with E-state index in [4.69, 9.17) is 5.73 Å². The van der Waals surface area contributed by atoms with Crippen LogP contribution in [0.4, 0.5) is 0 Å². The minimum Gasteiger partial charge on any atom is -0.328 e. The number of nitrogens with two attached hydrogens (primary N) is 1. The van der Waals surface area contributed by atoms with Crippen LogP contribution in [0.5, 0.6) is 0 Å². The maximum atomic E-state index is 5.64. The molecule has 0 aromatic heterocycles. The highest BCUT2D eigenvalue weighted by Crippen LogP contribution is 2.29. The summed E-state index contributed by atoms with van der Waals surface area (Å²) in [5.74, 6) is 0.986. The predicted molar refractivity (Wildman–Crippen MR) is 40.2 cm³/mol. The van der Waals surface area contributed by atoms with Gasteiger partial charge in [-0.25, -0.2) is 0 Å². The highest BCUT2D eigenvalue weighted by molar-refractivity contribution is 4.81. The van der Waals surface area contributed by atoms with E-state index in [1.165, 1.54) is 32.1 Å². The fraction of sp³-hybridized carbons (Fsp3) is 1.00. The van der Waals surface area contributed by atoms with E-state index in [0.717, 1.165) is 5.92 Å². The largest absolute Gasteiger partial charge is 0.328 e. The van der Waals surface area contributed by atoms with Crippen LogP contribution >= 0.6 is 0 Å². The molecule has 0 unspecified atom stereocenters. The van der Waals surface area contributed by atoms with Crippen molar-refractivity contribution in [3.8, 4) is 0 Å². The van der Waals surface area contributed by atoms with Crippen LogP contribution in [0.2, 0.25) is 0 Å². The maximum Gasteiger partial charge on any atom is 0.00441 e. The smallest absolute Gasteiger partial charge is 0.00441 e. The molecular formula is C8H17N. The van der Waals surface area contributed by atoms with Crippen molar-refractivity contribution < 1.29 is 0 Å². The van der Waals surface area contributed by atoms with Crippen molar-refractivity contribution >= 4 is 0 Å². The molecule has 54 valence electrons. The molecule has 0 amide bonds. The molecule has 9 heavy (non-hydrogen) atoms. The molecule has 1 heteroatoms. The standard InChI is InChI=1S/C8H17N/c1-2-3-4-7-5-8(9)6-7/h7-8H,2-6,9H2,1H3. The molecule has 0 saturated heterocycles. The Hall–Kier alpha value is -0.0400. The van der Waals surface area contributed by atoms with Gasteiger partial charge in [-0.15, -0.1) is 0 Å². The maximum absolute atomic E-state index is 5.64. The van der Waals surface area contributed by atoms with E-state index in [1.807, 2.05) is 0 Å². The Morgan fingerprint density at radius 3 is 2.56 bits per heavy atom. The molecule has 1 fully saturated rings. The average molecular weight is 127 g/mol. The quantitative estimate of drug-likeness (QED) is 0.615. The van der Waals surface area contributed by atoms with Gasteiger partial charge in [0.25, 0.3) is 0 Å². The fourth-order valence-corrected chi connectivity index (χ4v) is 1.52. The molecule has 0 heterocycles. The summed E-state index contributed by atoms with van der Waals surface area (Å²) in [4.78, 5) is 0. The van der Waals surface area contributed by atoms with Gasteiger partial charge in [0, 0.05) is 6.04 Å². The first kappa shape index (κ1) is 7.07. The first-order valence-electron chi connectivity index (χ1n) is 4.08. The van der Waals surface area contributed by atoms with Crippen LogP contribution in [-0.2, 0) is 0 Å². The van der Waals surface area contributed by atoms with E-state index in [0.29, 0.717) is 6.04 Å². The zero-order valence-electron chi connectivity index (χ0n) is 6.27. The second kappa shape index (κ2) is 3.21. The summed E-state index contributed by atoms with van der Waals surface area (Å²) in [6.07, 6.45) is 6.74. The fourth-order valence-electron chi connectivity index (χ4n) is 1.52.